The summed E-state index contributed by atoms with van der Waals surface area (Å²) in [7, 11) is 0. The molecule has 4 rings (SSSR count). The van der Waals surface area contributed by atoms with Gasteiger partial charge in [0.15, 0.2) is 5.43 Å². The van der Waals surface area contributed by atoms with E-state index in [9.17, 15) is 9.59 Å². The molecule has 0 unspecified atom stereocenters. The van der Waals surface area contributed by atoms with E-state index in [0.717, 1.165) is 0 Å². The molecule has 0 saturated carbocycles. The van der Waals surface area contributed by atoms with Gasteiger partial charge in [0.1, 0.15) is 5.82 Å². The summed E-state index contributed by atoms with van der Waals surface area (Å²) in [5, 5.41) is 4.39. The van der Waals surface area contributed by atoms with Crippen molar-refractivity contribution >= 4 is 40.0 Å². The minimum atomic E-state index is -0.434. The molecule has 0 amide bonds. The number of carbonyl (C=O) groups excluding carboxylic acids is 1. The minimum Gasteiger partial charge on any atom is -0.462 e. The van der Waals surface area contributed by atoms with Crippen molar-refractivity contribution < 1.29 is 9.53 Å². The van der Waals surface area contributed by atoms with Crippen molar-refractivity contribution in [3.63, 3.8) is 0 Å². The fourth-order valence-electron chi connectivity index (χ4n) is 3.33. The van der Waals surface area contributed by atoms with Crippen LogP contribution in [0.3, 0.4) is 0 Å². The molecule has 0 bridgehead atoms. The van der Waals surface area contributed by atoms with Crippen molar-refractivity contribution in [2.45, 2.75) is 6.92 Å². The molecule has 5 nitrogen and oxygen atoms in total. The summed E-state index contributed by atoms with van der Waals surface area (Å²) < 4.78 is 5.16. The lowest BCUT2D eigenvalue weighted by atomic mass is 10.0. The van der Waals surface area contributed by atoms with E-state index < -0.39 is 5.97 Å². The lowest BCUT2D eigenvalue weighted by molar-refractivity contribution is 0.0527. The number of aromatic amines is 1. The number of hydrogen-bond donors (Lipinski definition) is 2. The molecular weight excluding hydrogens is 400 g/mol. The molecule has 0 spiro atoms. The van der Waals surface area contributed by atoms with E-state index in [1.807, 2.05) is 24.3 Å². The van der Waals surface area contributed by atoms with Gasteiger partial charge in [-0.1, -0.05) is 48.0 Å². The second-order valence-corrected chi connectivity index (χ2v) is 7.08. The highest BCUT2D eigenvalue weighted by atomic mass is 35.5. The Balaban J connectivity index is 1.91. The van der Waals surface area contributed by atoms with Crippen LogP contribution in [0.25, 0.3) is 22.0 Å². The molecule has 3 aromatic carbocycles. The topological polar surface area (TPSA) is 71.2 Å². The standard InChI is InChI=1S/C24H19ClN2O3/c1-2-30-24(29)18-8-4-6-10-20(18)27-23-21(15-11-13-16(25)14-12-15)22(28)17-7-3-5-9-19(17)26-23/h3-14H,2H2,1H3,(H2,26,27,28). The van der Waals surface area contributed by atoms with Gasteiger partial charge >= 0.3 is 5.97 Å². The number of para-hydroxylation sites is 2. The zero-order valence-electron chi connectivity index (χ0n) is 16.2. The van der Waals surface area contributed by atoms with Crippen LogP contribution in [0.5, 0.6) is 0 Å². The third kappa shape index (κ3) is 3.80. The monoisotopic (exact) mass is 418 g/mol. The first-order valence-electron chi connectivity index (χ1n) is 9.52. The number of halogens is 1. The molecular formula is C24H19ClN2O3. The van der Waals surface area contributed by atoms with Crippen LogP contribution < -0.4 is 10.7 Å². The SMILES string of the molecule is CCOC(=O)c1ccccc1Nc1[nH]c2ccccc2c(=O)c1-c1ccc(Cl)cc1. The first-order valence-corrected chi connectivity index (χ1v) is 9.90. The summed E-state index contributed by atoms with van der Waals surface area (Å²) >= 11 is 6.04. The van der Waals surface area contributed by atoms with Crippen molar-refractivity contribution in [1.29, 1.82) is 0 Å². The summed E-state index contributed by atoms with van der Waals surface area (Å²) in [6.45, 7) is 2.03. The molecule has 6 heteroatoms. The zero-order valence-corrected chi connectivity index (χ0v) is 17.0. The van der Waals surface area contributed by atoms with Gasteiger partial charge in [-0.3, -0.25) is 4.79 Å². The molecule has 0 atom stereocenters. The number of H-pyrrole nitrogens is 1. The fourth-order valence-corrected chi connectivity index (χ4v) is 3.46. The molecule has 0 saturated heterocycles. The highest BCUT2D eigenvalue weighted by Gasteiger charge is 2.17. The second kappa shape index (κ2) is 8.43. The van der Waals surface area contributed by atoms with Crippen LogP contribution in [0.15, 0.2) is 77.6 Å². The number of carbonyl (C=O) groups is 1. The molecule has 0 radical (unpaired) electrons. The Bertz CT molecular complexity index is 1280. The van der Waals surface area contributed by atoms with E-state index in [4.69, 9.17) is 16.3 Å². The van der Waals surface area contributed by atoms with E-state index in [-0.39, 0.29) is 12.0 Å². The first-order chi connectivity index (χ1) is 14.6. The van der Waals surface area contributed by atoms with Gasteiger partial charge in [-0.25, -0.2) is 4.79 Å². The molecule has 0 aliphatic carbocycles. The van der Waals surface area contributed by atoms with Gasteiger partial charge in [-0.15, -0.1) is 0 Å². The number of hydrogen-bond acceptors (Lipinski definition) is 4. The lowest BCUT2D eigenvalue weighted by Crippen LogP contribution is -2.13. The van der Waals surface area contributed by atoms with Crippen molar-refractivity contribution in [3.8, 4) is 11.1 Å². The van der Waals surface area contributed by atoms with Crippen molar-refractivity contribution in [3.05, 3.63) is 93.6 Å². The van der Waals surface area contributed by atoms with Gasteiger partial charge in [-0.2, -0.15) is 0 Å². The maximum atomic E-state index is 13.4. The number of rotatable bonds is 5. The molecule has 2 N–H and O–H groups in total. The maximum absolute atomic E-state index is 13.4. The number of pyridine rings is 1. The highest BCUT2D eigenvalue weighted by molar-refractivity contribution is 6.30. The number of aromatic nitrogens is 1. The van der Waals surface area contributed by atoms with Gasteiger partial charge in [0.2, 0.25) is 0 Å². The predicted octanol–water partition coefficient (Wildman–Crippen LogP) is 5.77. The summed E-state index contributed by atoms with van der Waals surface area (Å²) in [5.74, 6) is 0.0505. The van der Waals surface area contributed by atoms with E-state index in [1.54, 1.807) is 55.5 Å². The molecule has 0 fully saturated rings. The summed E-state index contributed by atoms with van der Waals surface area (Å²) in [6.07, 6.45) is 0. The quantitative estimate of drug-likeness (QED) is 0.404. The van der Waals surface area contributed by atoms with Crippen LogP contribution in [-0.4, -0.2) is 17.6 Å². The normalized spacial score (nSPS) is 10.7. The van der Waals surface area contributed by atoms with Crippen LogP contribution in [0.4, 0.5) is 11.5 Å². The molecule has 30 heavy (non-hydrogen) atoms. The summed E-state index contributed by atoms with van der Waals surface area (Å²) in [5.41, 5.74) is 2.66. The Kier molecular flexibility index (Phi) is 5.55. The average molecular weight is 419 g/mol. The van der Waals surface area contributed by atoms with E-state index >= 15 is 0 Å². The van der Waals surface area contributed by atoms with Crippen molar-refractivity contribution in [2.75, 3.05) is 11.9 Å². The Morgan fingerprint density at radius 3 is 2.47 bits per heavy atom. The van der Waals surface area contributed by atoms with Gasteiger partial charge < -0.3 is 15.0 Å². The predicted molar refractivity (Wildman–Crippen MR) is 121 cm³/mol. The number of benzene rings is 3. The average Bonchev–Trinajstić information content (AvgIpc) is 2.75. The third-order valence-electron chi connectivity index (χ3n) is 4.72. The molecule has 1 aromatic heterocycles. The van der Waals surface area contributed by atoms with Crippen LogP contribution in [-0.2, 0) is 4.74 Å². The van der Waals surface area contributed by atoms with Gasteiger partial charge in [0, 0.05) is 10.4 Å². The number of anilines is 2. The largest absolute Gasteiger partial charge is 0.462 e. The maximum Gasteiger partial charge on any atom is 0.340 e. The Morgan fingerprint density at radius 2 is 1.70 bits per heavy atom. The van der Waals surface area contributed by atoms with Crippen molar-refractivity contribution in [2.24, 2.45) is 0 Å². The number of nitrogens with one attached hydrogen (secondary N) is 2. The lowest BCUT2D eigenvalue weighted by Gasteiger charge is -2.16. The number of fused-ring (bicyclic) bond motifs is 1. The molecule has 1 heterocycles. The Hall–Kier alpha value is -3.57. The van der Waals surface area contributed by atoms with Gasteiger partial charge in [0.05, 0.1) is 28.9 Å². The molecule has 4 aromatic rings. The minimum absolute atomic E-state index is 0.122. The van der Waals surface area contributed by atoms with E-state index in [0.29, 0.717) is 44.1 Å². The molecule has 150 valence electrons. The first kappa shape index (κ1) is 19.7. The van der Waals surface area contributed by atoms with E-state index in [2.05, 4.69) is 10.3 Å². The Labute approximate surface area is 178 Å². The number of ether oxygens (including phenoxy) is 1. The van der Waals surface area contributed by atoms with E-state index in [1.165, 1.54) is 0 Å². The zero-order chi connectivity index (χ0) is 21.1. The summed E-state index contributed by atoms with van der Waals surface area (Å²) in [4.78, 5) is 29.0. The van der Waals surface area contributed by atoms with Crippen molar-refractivity contribution in [1.82, 2.24) is 4.98 Å². The van der Waals surface area contributed by atoms with Crippen LogP contribution in [0.2, 0.25) is 5.02 Å². The molecule has 0 aliphatic rings. The summed E-state index contributed by atoms with van der Waals surface area (Å²) in [6, 6.07) is 21.4. The smallest absolute Gasteiger partial charge is 0.340 e. The van der Waals surface area contributed by atoms with Crippen LogP contribution in [0.1, 0.15) is 17.3 Å². The fraction of sp³-hybridized carbons (Fsp3) is 0.0833. The van der Waals surface area contributed by atoms with Gasteiger partial charge in [0.25, 0.3) is 0 Å². The second-order valence-electron chi connectivity index (χ2n) is 6.65. The highest BCUT2D eigenvalue weighted by Crippen LogP contribution is 2.30. The van der Waals surface area contributed by atoms with Crippen LogP contribution >= 0.6 is 11.6 Å². The third-order valence-corrected chi connectivity index (χ3v) is 4.98. The Morgan fingerprint density at radius 1 is 1.00 bits per heavy atom. The van der Waals surface area contributed by atoms with Crippen LogP contribution in [0, 0.1) is 0 Å². The molecule has 0 aliphatic heterocycles. The van der Waals surface area contributed by atoms with Gasteiger partial charge in [-0.05, 0) is 48.9 Å². The number of esters is 1.